The molecular weight excluding hydrogens is 352 g/mol. The summed E-state index contributed by atoms with van der Waals surface area (Å²) < 4.78 is 12.0. The molecule has 0 fully saturated rings. The second-order valence-corrected chi connectivity index (χ2v) is 6.36. The first kappa shape index (κ1) is 19.5. The summed E-state index contributed by atoms with van der Waals surface area (Å²) in [5.74, 6) is 1.22. The van der Waals surface area contributed by atoms with Crippen molar-refractivity contribution < 1.29 is 14.3 Å². The van der Waals surface area contributed by atoms with Crippen LogP contribution in [0.5, 0.6) is 11.5 Å². The molecule has 0 bridgehead atoms. The van der Waals surface area contributed by atoms with Crippen LogP contribution in [0.4, 0.5) is 0 Å². The van der Waals surface area contributed by atoms with Crippen molar-refractivity contribution in [3.05, 3.63) is 95.6 Å². The van der Waals surface area contributed by atoms with Gasteiger partial charge in [0, 0.05) is 13.5 Å². The molecule has 2 N–H and O–H groups in total. The van der Waals surface area contributed by atoms with E-state index in [1.807, 2.05) is 78.9 Å². The molecule has 3 aromatic rings. The molecule has 0 unspecified atom stereocenters. The van der Waals surface area contributed by atoms with E-state index in [1.165, 1.54) is 6.92 Å². The molecule has 0 saturated carbocycles. The normalized spacial score (nSPS) is 10.3. The van der Waals surface area contributed by atoms with E-state index in [1.54, 1.807) is 0 Å². The van der Waals surface area contributed by atoms with E-state index in [-0.39, 0.29) is 5.91 Å². The fourth-order valence-electron chi connectivity index (χ4n) is 2.64. The average molecular weight is 376 g/mol. The number of carbonyl (C=O) groups is 1. The Kier molecular flexibility index (Phi) is 7.04. The number of ether oxygens (including phenoxy) is 2. The van der Waals surface area contributed by atoms with Gasteiger partial charge in [0.15, 0.2) is 11.5 Å². The van der Waals surface area contributed by atoms with E-state index in [0.717, 1.165) is 16.7 Å². The van der Waals surface area contributed by atoms with Crippen LogP contribution in [0.1, 0.15) is 23.6 Å². The summed E-state index contributed by atoms with van der Waals surface area (Å²) in [5.41, 5.74) is 8.60. The van der Waals surface area contributed by atoms with Gasteiger partial charge in [0.2, 0.25) is 5.91 Å². The van der Waals surface area contributed by atoms with Gasteiger partial charge in [-0.2, -0.15) is 0 Å². The van der Waals surface area contributed by atoms with Gasteiger partial charge in [-0.1, -0.05) is 66.7 Å². The first-order valence-electron chi connectivity index (χ1n) is 9.16. The molecule has 0 radical (unpaired) electrons. The zero-order valence-electron chi connectivity index (χ0n) is 15.9. The summed E-state index contributed by atoms with van der Waals surface area (Å²) in [7, 11) is 0. The third-order valence-electron chi connectivity index (χ3n) is 4.04. The molecular formula is C23H24N2O3. The molecule has 0 atom stereocenters. The fourth-order valence-corrected chi connectivity index (χ4v) is 2.64. The summed E-state index contributed by atoms with van der Waals surface area (Å²) in [6.45, 7) is 2.86. The maximum atomic E-state index is 11.0. The molecule has 1 amide bonds. The van der Waals surface area contributed by atoms with E-state index in [0.29, 0.717) is 31.3 Å². The number of hydrogen-bond donors (Lipinski definition) is 2. The Morgan fingerprint density at radius 2 is 1.32 bits per heavy atom. The lowest BCUT2D eigenvalue weighted by atomic mass is 10.2. The van der Waals surface area contributed by atoms with Crippen LogP contribution in [0.2, 0.25) is 0 Å². The minimum Gasteiger partial charge on any atom is -0.485 e. The molecule has 0 aliphatic rings. The number of rotatable bonds is 9. The Bertz CT molecular complexity index is 883. The van der Waals surface area contributed by atoms with Crippen LogP contribution in [-0.2, 0) is 24.6 Å². The van der Waals surface area contributed by atoms with Crippen LogP contribution in [0, 0.1) is 0 Å². The van der Waals surface area contributed by atoms with Crippen molar-refractivity contribution in [2.45, 2.75) is 26.7 Å². The smallest absolute Gasteiger partial charge is 0.230 e. The largest absolute Gasteiger partial charge is 0.485 e. The molecule has 144 valence electrons. The highest BCUT2D eigenvalue weighted by Crippen LogP contribution is 2.30. The van der Waals surface area contributed by atoms with Gasteiger partial charge in [-0.3, -0.25) is 10.2 Å². The third kappa shape index (κ3) is 6.14. The predicted octanol–water partition coefficient (Wildman–Crippen LogP) is 3.99. The van der Waals surface area contributed by atoms with Crippen molar-refractivity contribution in [2.24, 2.45) is 0 Å². The second kappa shape index (κ2) is 10.1. The topological polar surface area (TPSA) is 59.6 Å². The van der Waals surface area contributed by atoms with Crippen LogP contribution >= 0.6 is 0 Å². The van der Waals surface area contributed by atoms with Crippen molar-refractivity contribution >= 4 is 5.91 Å². The van der Waals surface area contributed by atoms with Crippen LogP contribution in [0.15, 0.2) is 78.9 Å². The van der Waals surface area contributed by atoms with Crippen molar-refractivity contribution in [1.29, 1.82) is 0 Å². The molecule has 0 heterocycles. The number of benzene rings is 3. The lowest BCUT2D eigenvalue weighted by Gasteiger charge is -2.15. The summed E-state index contributed by atoms with van der Waals surface area (Å²) in [5, 5.41) is 0. The molecule has 5 heteroatoms. The highest BCUT2D eigenvalue weighted by Gasteiger charge is 2.08. The second-order valence-electron chi connectivity index (χ2n) is 6.36. The summed E-state index contributed by atoms with van der Waals surface area (Å²) in [4.78, 5) is 11.0. The van der Waals surface area contributed by atoms with Gasteiger partial charge in [-0.05, 0) is 28.8 Å². The van der Waals surface area contributed by atoms with E-state index in [4.69, 9.17) is 9.47 Å². The highest BCUT2D eigenvalue weighted by molar-refractivity contribution is 5.72. The number of carbonyl (C=O) groups excluding carboxylic acids is 1. The Morgan fingerprint density at radius 3 is 1.89 bits per heavy atom. The number of hydrogen-bond acceptors (Lipinski definition) is 4. The highest BCUT2D eigenvalue weighted by atomic mass is 16.5. The maximum Gasteiger partial charge on any atom is 0.230 e. The minimum atomic E-state index is -0.136. The summed E-state index contributed by atoms with van der Waals surface area (Å²) >= 11 is 0. The van der Waals surface area contributed by atoms with Crippen LogP contribution in [0.25, 0.3) is 0 Å². The van der Waals surface area contributed by atoms with Crippen LogP contribution < -0.4 is 20.3 Å². The monoisotopic (exact) mass is 376 g/mol. The number of nitrogens with one attached hydrogen (secondary N) is 2. The van der Waals surface area contributed by atoms with Crippen molar-refractivity contribution in [3.8, 4) is 11.5 Å². The molecule has 0 aromatic heterocycles. The Hall–Kier alpha value is -3.31. The predicted molar refractivity (Wildman–Crippen MR) is 109 cm³/mol. The zero-order valence-corrected chi connectivity index (χ0v) is 15.9. The molecule has 3 aromatic carbocycles. The van der Waals surface area contributed by atoms with E-state index >= 15 is 0 Å². The van der Waals surface area contributed by atoms with Gasteiger partial charge in [0.25, 0.3) is 0 Å². The minimum absolute atomic E-state index is 0.136. The van der Waals surface area contributed by atoms with Crippen molar-refractivity contribution in [1.82, 2.24) is 10.9 Å². The lowest BCUT2D eigenvalue weighted by molar-refractivity contribution is -0.119. The van der Waals surface area contributed by atoms with E-state index in [9.17, 15) is 4.79 Å². The maximum absolute atomic E-state index is 11.0. The molecule has 0 spiro atoms. The molecule has 28 heavy (non-hydrogen) atoms. The van der Waals surface area contributed by atoms with Gasteiger partial charge in [0.1, 0.15) is 13.2 Å². The Labute approximate surface area is 165 Å². The van der Waals surface area contributed by atoms with Crippen molar-refractivity contribution in [3.63, 3.8) is 0 Å². The molecule has 0 aliphatic heterocycles. The van der Waals surface area contributed by atoms with Gasteiger partial charge in [-0.25, -0.2) is 5.43 Å². The van der Waals surface area contributed by atoms with Gasteiger partial charge >= 0.3 is 0 Å². The van der Waals surface area contributed by atoms with Gasteiger partial charge in [-0.15, -0.1) is 0 Å². The first-order chi connectivity index (χ1) is 13.7. The van der Waals surface area contributed by atoms with Gasteiger partial charge in [0.05, 0.1) is 0 Å². The Balaban J connectivity index is 1.71. The van der Waals surface area contributed by atoms with Crippen LogP contribution in [-0.4, -0.2) is 5.91 Å². The van der Waals surface area contributed by atoms with E-state index in [2.05, 4.69) is 10.9 Å². The number of hydrazine groups is 1. The Morgan fingerprint density at radius 1 is 0.750 bits per heavy atom. The SMILES string of the molecule is CC(=O)NNCc1ccc(OCc2ccccc2)c(OCc2ccccc2)c1. The van der Waals surface area contributed by atoms with E-state index < -0.39 is 0 Å². The van der Waals surface area contributed by atoms with Gasteiger partial charge < -0.3 is 9.47 Å². The quantitative estimate of drug-likeness (QED) is 0.555. The third-order valence-corrected chi connectivity index (χ3v) is 4.04. The number of amides is 1. The zero-order chi connectivity index (χ0) is 19.6. The molecule has 0 saturated heterocycles. The summed E-state index contributed by atoms with van der Waals surface area (Å²) in [6, 6.07) is 25.8. The lowest BCUT2D eigenvalue weighted by Crippen LogP contribution is -2.34. The average Bonchev–Trinajstić information content (AvgIpc) is 2.73. The first-order valence-corrected chi connectivity index (χ1v) is 9.16. The van der Waals surface area contributed by atoms with Crippen molar-refractivity contribution in [2.75, 3.05) is 0 Å². The molecule has 0 aliphatic carbocycles. The van der Waals surface area contributed by atoms with Crippen LogP contribution in [0.3, 0.4) is 0 Å². The fraction of sp³-hybridized carbons (Fsp3) is 0.174. The standard InChI is InChI=1S/C23H24N2O3/c1-18(26)25-24-15-21-12-13-22(27-16-19-8-4-2-5-9-19)23(14-21)28-17-20-10-6-3-7-11-20/h2-14,24H,15-17H2,1H3,(H,25,26). The molecule has 3 rings (SSSR count). The molecule has 5 nitrogen and oxygen atoms in total. The summed E-state index contributed by atoms with van der Waals surface area (Å²) in [6.07, 6.45) is 0.